The number of likely N-dealkylation sites (tertiary alicyclic amines) is 1. The van der Waals surface area contributed by atoms with Gasteiger partial charge in [0.25, 0.3) is 0 Å². The van der Waals surface area contributed by atoms with E-state index in [1.54, 1.807) is 14.0 Å². The van der Waals surface area contributed by atoms with Gasteiger partial charge in [-0.15, -0.1) is 5.92 Å². The quantitative estimate of drug-likeness (QED) is 0.553. The third-order valence-corrected chi connectivity index (χ3v) is 5.52. The Balaban J connectivity index is 1.88. The number of hydrogen-bond acceptors (Lipinski definition) is 5. The molecule has 0 aliphatic carbocycles. The summed E-state index contributed by atoms with van der Waals surface area (Å²) in [4.78, 5) is 13.8. The predicted octanol–water partition coefficient (Wildman–Crippen LogP) is 2.82. The van der Waals surface area contributed by atoms with Gasteiger partial charge in [-0.05, 0) is 42.7 Å². The lowest BCUT2D eigenvalue weighted by Crippen LogP contribution is -2.64. The summed E-state index contributed by atoms with van der Waals surface area (Å²) in [6.45, 7) is 5.54. The SMILES string of the molecule is CC#CCOC1(c2ccccc2C)CN(C(c2ccc(OC)cc2)C(N)C=O)C1. The van der Waals surface area contributed by atoms with Crippen molar-refractivity contribution in [2.75, 3.05) is 26.8 Å². The number of hydrogen-bond donors (Lipinski definition) is 1. The summed E-state index contributed by atoms with van der Waals surface area (Å²) >= 11 is 0. The molecule has 152 valence electrons. The number of aryl methyl sites for hydroxylation is 1. The fourth-order valence-electron chi connectivity index (χ4n) is 4.03. The molecule has 1 heterocycles. The second-order valence-electron chi connectivity index (χ2n) is 7.36. The highest BCUT2D eigenvalue weighted by Gasteiger charge is 2.49. The first kappa shape index (κ1) is 21.1. The van der Waals surface area contributed by atoms with Crippen LogP contribution in [0.15, 0.2) is 48.5 Å². The summed E-state index contributed by atoms with van der Waals surface area (Å²) in [6.07, 6.45) is 0.812. The Bertz CT molecular complexity index is 892. The van der Waals surface area contributed by atoms with Crippen LogP contribution in [0.25, 0.3) is 0 Å². The van der Waals surface area contributed by atoms with E-state index in [1.165, 1.54) is 5.56 Å². The first-order valence-electron chi connectivity index (χ1n) is 9.73. The zero-order valence-electron chi connectivity index (χ0n) is 17.2. The van der Waals surface area contributed by atoms with Crippen molar-refractivity contribution in [1.29, 1.82) is 0 Å². The molecule has 5 heteroatoms. The Morgan fingerprint density at radius 2 is 1.90 bits per heavy atom. The van der Waals surface area contributed by atoms with Crippen LogP contribution in [0, 0.1) is 18.8 Å². The van der Waals surface area contributed by atoms with Crippen molar-refractivity contribution < 1.29 is 14.3 Å². The Morgan fingerprint density at radius 1 is 1.21 bits per heavy atom. The number of ether oxygens (including phenoxy) is 2. The topological polar surface area (TPSA) is 64.8 Å². The van der Waals surface area contributed by atoms with E-state index in [2.05, 4.69) is 35.8 Å². The van der Waals surface area contributed by atoms with Gasteiger partial charge in [0.05, 0.1) is 19.2 Å². The second-order valence-corrected chi connectivity index (χ2v) is 7.36. The number of rotatable bonds is 8. The van der Waals surface area contributed by atoms with Crippen LogP contribution in [0.4, 0.5) is 0 Å². The van der Waals surface area contributed by atoms with Crippen LogP contribution in [-0.2, 0) is 15.1 Å². The molecule has 3 rings (SSSR count). The number of nitrogens with zero attached hydrogens (tertiary/aromatic N) is 1. The molecule has 2 N–H and O–H groups in total. The third-order valence-electron chi connectivity index (χ3n) is 5.52. The number of benzene rings is 2. The smallest absolute Gasteiger partial charge is 0.138 e. The minimum atomic E-state index is -0.631. The van der Waals surface area contributed by atoms with Crippen LogP contribution >= 0.6 is 0 Å². The van der Waals surface area contributed by atoms with Crippen LogP contribution in [0.2, 0.25) is 0 Å². The van der Waals surface area contributed by atoms with Crippen molar-refractivity contribution in [2.24, 2.45) is 5.73 Å². The molecule has 2 unspecified atom stereocenters. The van der Waals surface area contributed by atoms with Gasteiger partial charge in [-0.25, -0.2) is 0 Å². The van der Waals surface area contributed by atoms with Gasteiger partial charge in [0.2, 0.25) is 0 Å². The van der Waals surface area contributed by atoms with E-state index in [1.807, 2.05) is 36.4 Å². The lowest BCUT2D eigenvalue weighted by Gasteiger charge is -2.54. The van der Waals surface area contributed by atoms with Crippen molar-refractivity contribution in [1.82, 2.24) is 4.90 Å². The van der Waals surface area contributed by atoms with E-state index < -0.39 is 11.6 Å². The molecule has 0 amide bonds. The minimum absolute atomic E-state index is 0.226. The van der Waals surface area contributed by atoms with Gasteiger partial charge in [0.1, 0.15) is 24.2 Å². The maximum Gasteiger partial charge on any atom is 0.138 e. The summed E-state index contributed by atoms with van der Waals surface area (Å²) in [7, 11) is 1.63. The van der Waals surface area contributed by atoms with Gasteiger partial charge in [0, 0.05) is 13.1 Å². The Kier molecular flexibility index (Phi) is 6.71. The summed E-state index contributed by atoms with van der Waals surface area (Å²) in [5.41, 5.74) is 9.07. The normalized spacial score (nSPS) is 17.4. The van der Waals surface area contributed by atoms with Crippen LogP contribution in [0.3, 0.4) is 0 Å². The Labute approximate surface area is 172 Å². The molecule has 1 aliphatic heterocycles. The van der Waals surface area contributed by atoms with Crippen LogP contribution < -0.4 is 10.5 Å². The molecule has 1 fully saturated rings. The number of carbonyl (C=O) groups excluding carboxylic acids is 1. The van der Waals surface area contributed by atoms with Crippen molar-refractivity contribution in [2.45, 2.75) is 31.5 Å². The average Bonchev–Trinajstić information content (AvgIpc) is 2.72. The maximum atomic E-state index is 11.6. The number of nitrogens with two attached hydrogens (primary N) is 1. The molecule has 2 atom stereocenters. The number of aldehydes is 1. The predicted molar refractivity (Wildman–Crippen MR) is 114 cm³/mol. The second kappa shape index (κ2) is 9.23. The maximum absolute atomic E-state index is 11.6. The molecular weight excluding hydrogens is 364 g/mol. The highest BCUT2D eigenvalue weighted by atomic mass is 16.5. The average molecular weight is 392 g/mol. The van der Waals surface area contributed by atoms with Crippen LogP contribution in [0.5, 0.6) is 5.75 Å². The first-order valence-corrected chi connectivity index (χ1v) is 9.73. The molecule has 0 aromatic heterocycles. The molecule has 0 saturated carbocycles. The molecule has 0 radical (unpaired) electrons. The van der Waals surface area contributed by atoms with Gasteiger partial charge in [-0.3, -0.25) is 4.90 Å². The summed E-state index contributed by atoms with van der Waals surface area (Å²) < 4.78 is 11.5. The van der Waals surface area contributed by atoms with E-state index in [4.69, 9.17) is 15.2 Å². The van der Waals surface area contributed by atoms with E-state index in [0.717, 1.165) is 23.2 Å². The summed E-state index contributed by atoms with van der Waals surface area (Å²) in [5.74, 6) is 6.65. The highest BCUT2D eigenvalue weighted by Crippen LogP contribution is 2.42. The van der Waals surface area contributed by atoms with Gasteiger partial charge < -0.3 is 20.0 Å². The van der Waals surface area contributed by atoms with Crippen LogP contribution in [0.1, 0.15) is 29.7 Å². The highest BCUT2D eigenvalue weighted by molar-refractivity contribution is 5.59. The standard InChI is InChI=1S/C24H28N2O3/c1-4-5-14-29-24(21-9-7-6-8-18(21)2)16-26(17-24)23(22(25)15-27)19-10-12-20(28-3)13-11-19/h6-13,15,22-23H,14,16-17,25H2,1-3H3. The van der Waals surface area contributed by atoms with Crippen LogP contribution in [-0.4, -0.2) is 44.0 Å². The molecule has 29 heavy (non-hydrogen) atoms. The molecular formula is C24H28N2O3. The largest absolute Gasteiger partial charge is 0.497 e. The lowest BCUT2D eigenvalue weighted by molar-refractivity contribution is -0.159. The first-order chi connectivity index (χ1) is 14.0. The van der Waals surface area contributed by atoms with Crippen molar-refractivity contribution in [3.8, 4) is 17.6 Å². The molecule has 5 nitrogen and oxygen atoms in total. The Morgan fingerprint density at radius 3 is 2.48 bits per heavy atom. The summed E-state index contributed by atoms with van der Waals surface area (Å²) in [5, 5.41) is 0. The Hall–Kier alpha value is -2.65. The number of methoxy groups -OCH3 is 1. The molecule has 0 bridgehead atoms. The fraction of sp³-hybridized carbons (Fsp3) is 0.375. The molecule has 1 saturated heterocycles. The fourth-order valence-corrected chi connectivity index (χ4v) is 4.03. The third kappa shape index (κ3) is 4.35. The minimum Gasteiger partial charge on any atom is -0.497 e. The van der Waals surface area contributed by atoms with E-state index in [9.17, 15) is 4.79 Å². The van der Waals surface area contributed by atoms with E-state index in [-0.39, 0.29) is 6.04 Å². The zero-order valence-corrected chi connectivity index (χ0v) is 17.2. The van der Waals surface area contributed by atoms with Crippen molar-refractivity contribution >= 4 is 6.29 Å². The number of carbonyl (C=O) groups is 1. The van der Waals surface area contributed by atoms with Gasteiger partial charge >= 0.3 is 0 Å². The van der Waals surface area contributed by atoms with E-state index in [0.29, 0.717) is 19.7 Å². The summed E-state index contributed by atoms with van der Waals surface area (Å²) in [6, 6.07) is 15.1. The van der Waals surface area contributed by atoms with Gasteiger partial charge in [-0.2, -0.15) is 0 Å². The van der Waals surface area contributed by atoms with Crippen molar-refractivity contribution in [3.63, 3.8) is 0 Å². The van der Waals surface area contributed by atoms with Gasteiger partial charge in [0.15, 0.2) is 0 Å². The molecule has 0 spiro atoms. The van der Waals surface area contributed by atoms with Crippen molar-refractivity contribution in [3.05, 3.63) is 65.2 Å². The monoisotopic (exact) mass is 392 g/mol. The zero-order chi connectivity index (χ0) is 20.9. The molecule has 2 aromatic rings. The van der Waals surface area contributed by atoms with E-state index >= 15 is 0 Å². The molecule has 2 aromatic carbocycles. The lowest BCUT2D eigenvalue weighted by atomic mass is 9.80. The molecule has 1 aliphatic rings. The van der Waals surface area contributed by atoms with Gasteiger partial charge in [-0.1, -0.05) is 42.3 Å².